The molecule has 6 heteroatoms. The molecule has 1 fully saturated rings. The molecule has 1 saturated carbocycles. The van der Waals surface area contributed by atoms with Crippen LogP contribution in [0, 0.1) is 62.6 Å². The minimum atomic E-state index is -1.74. The number of fused-ring (bicyclic) bond motifs is 1. The van der Waals surface area contributed by atoms with Crippen LogP contribution in [0.15, 0.2) is 29.8 Å². The van der Waals surface area contributed by atoms with Gasteiger partial charge in [0.2, 0.25) is 0 Å². The van der Waals surface area contributed by atoms with Crippen LogP contribution < -0.4 is 9.47 Å². The number of benzene rings is 1. The van der Waals surface area contributed by atoms with Crippen LogP contribution in [0.5, 0.6) is 11.5 Å². The highest BCUT2D eigenvalue weighted by molar-refractivity contribution is 6.01. The van der Waals surface area contributed by atoms with Gasteiger partial charge in [0.25, 0.3) is 0 Å². The summed E-state index contributed by atoms with van der Waals surface area (Å²) in [5.41, 5.74) is -0.350. The van der Waals surface area contributed by atoms with Crippen molar-refractivity contribution in [2.75, 3.05) is 14.2 Å². The molecule has 1 aromatic rings. The van der Waals surface area contributed by atoms with Crippen LogP contribution >= 0.6 is 0 Å². The van der Waals surface area contributed by atoms with Gasteiger partial charge in [-0.2, -0.15) is 15.8 Å². The summed E-state index contributed by atoms with van der Waals surface area (Å²) in [6.45, 7) is 2.12. The Labute approximate surface area is 171 Å². The quantitative estimate of drug-likeness (QED) is 0.770. The second-order valence-electron chi connectivity index (χ2n) is 7.65. The van der Waals surface area contributed by atoms with Crippen molar-refractivity contribution in [1.29, 1.82) is 21.2 Å². The van der Waals surface area contributed by atoms with Gasteiger partial charge in [0, 0.05) is 11.5 Å². The average molecular weight is 388 g/mol. The number of hydrogen-bond acceptors (Lipinski definition) is 6. The van der Waals surface area contributed by atoms with Crippen LogP contribution in [-0.4, -0.2) is 19.9 Å². The molecule has 2 aliphatic carbocycles. The first-order valence-electron chi connectivity index (χ1n) is 9.74. The molecule has 1 N–H and O–H groups in total. The highest BCUT2D eigenvalue weighted by Crippen LogP contribution is 2.57. The number of allylic oxidation sites excluding steroid dienone is 2. The van der Waals surface area contributed by atoms with Crippen molar-refractivity contribution < 1.29 is 9.47 Å². The Balaban J connectivity index is 2.32. The molecule has 0 heterocycles. The molecule has 4 atom stereocenters. The Morgan fingerprint density at radius 2 is 1.90 bits per heavy atom. The number of rotatable bonds is 4. The van der Waals surface area contributed by atoms with Crippen LogP contribution in [0.3, 0.4) is 0 Å². The van der Waals surface area contributed by atoms with Crippen LogP contribution in [0.1, 0.15) is 37.7 Å². The Kier molecular flexibility index (Phi) is 5.62. The normalized spacial score (nSPS) is 27.4. The maximum absolute atomic E-state index is 10.1. The van der Waals surface area contributed by atoms with Crippen molar-refractivity contribution in [3.63, 3.8) is 0 Å². The van der Waals surface area contributed by atoms with E-state index < -0.39 is 17.3 Å². The molecule has 0 amide bonds. The lowest BCUT2D eigenvalue weighted by atomic mass is 9.52. The standard InChI is InChI=1S/C23H24N4O2/c1-4-14-5-7-16-17(9-14)21(18-10-15(28-2)6-8-20(18)29-3)23(12-25,13-26)22(27)19(16)11-24/h6-8,10,14,17,19,21,27H,4-5,9H2,1-3H3/t14?,17-,19?,21-/m0/s1. The van der Waals surface area contributed by atoms with E-state index in [1.54, 1.807) is 32.4 Å². The third-order valence-electron chi connectivity index (χ3n) is 6.45. The second-order valence-corrected chi connectivity index (χ2v) is 7.65. The highest BCUT2D eigenvalue weighted by atomic mass is 16.5. The first-order chi connectivity index (χ1) is 14.0. The first-order valence-corrected chi connectivity index (χ1v) is 9.74. The molecule has 148 valence electrons. The summed E-state index contributed by atoms with van der Waals surface area (Å²) in [7, 11) is 3.10. The van der Waals surface area contributed by atoms with E-state index >= 15 is 0 Å². The SMILES string of the molecule is CCC1CC=C2C(C#N)C(=N)C(C#N)(C#N)[C@H](c3cc(OC)ccc3OC)[C@H]2C1. The number of nitriles is 3. The van der Waals surface area contributed by atoms with Gasteiger partial charge >= 0.3 is 0 Å². The summed E-state index contributed by atoms with van der Waals surface area (Å²) in [5, 5.41) is 38.8. The summed E-state index contributed by atoms with van der Waals surface area (Å²) < 4.78 is 11.0. The fraction of sp³-hybridized carbons (Fsp3) is 0.478. The molecule has 3 rings (SSSR count). The minimum Gasteiger partial charge on any atom is -0.497 e. The summed E-state index contributed by atoms with van der Waals surface area (Å²) >= 11 is 0. The van der Waals surface area contributed by atoms with Gasteiger partial charge in [0.1, 0.15) is 17.4 Å². The van der Waals surface area contributed by atoms with Gasteiger partial charge in [-0.25, -0.2) is 0 Å². The fourth-order valence-corrected chi connectivity index (χ4v) is 4.86. The third kappa shape index (κ3) is 3.04. The maximum Gasteiger partial charge on any atom is 0.189 e. The highest BCUT2D eigenvalue weighted by Gasteiger charge is 2.58. The molecular formula is C23H24N4O2. The lowest BCUT2D eigenvalue weighted by molar-refractivity contribution is 0.264. The maximum atomic E-state index is 10.1. The molecule has 0 radical (unpaired) electrons. The van der Waals surface area contributed by atoms with Gasteiger partial charge in [-0.1, -0.05) is 19.4 Å². The van der Waals surface area contributed by atoms with E-state index in [1.807, 2.05) is 0 Å². The van der Waals surface area contributed by atoms with Gasteiger partial charge in [0.05, 0.1) is 38.1 Å². The zero-order valence-electron chi connectivity index (χ0n) is 16.9. The summed E-state index contributed by atoms with van der Waals surface area (Å²) in [6.07, 6.45) is 4.65. The van der Waals surface area contributed by atoms with E-state index in [2.05, 4.69) is 31.2 Å². The molecule has 6 nitrogen and oxygen atoms in total. The predicted molar refractivity (Wildman–Crippen MR) is 107 cm³/mol. The Hall–Kier alpha value is -3.30. The van der Waals surface area contributed by atoms with Gasteiger partial charge in [-0.15, -0.1) is 0 Å². The predicted octanol–water partition coefficient (Wildman–Crippen LogP) is 4.36. The van der Waals surface area contributed by atoms with E-state index in [0.29, 0.717) is 23.0 Å². The van der Waals surface area contributed by atoms with E-state index in [4.69, 9.17) is 14.9 Å². The van der Waals surface area contributed by atoms with Crippen molar-refractivity contribution in [2.45, 2.75) is 32.1 Å². The first kappa shape index (κ1) is 20.4. The van der Waals surface area contributed by atoms with Gasteiger partial charge in [-0.05, 0) is 48.4 Å². The van der Waals surface area contributed by atoms with Crippen LogP contribution in [0.4, 0.5) is 0 Å². The lowest BCUT2D eigenvalue weighted by Crippen LogP contribution is -2.49. The van der Waals surface area contributed by atoms with Crippen molar-refractivity contribution in [2.24, 2.45) is 23.2 Å². The number of hydrogen-bond donors (Lipinski definition) is 1. The van der Waals surface area contributed by atoms with E-state index in [9.17, 15) is 15.8 Å². The van der Waals surface area contributed by atoms with Gasteiger partial charge in [-0.3, -0.25) is 0 Å². The number of methoxy groups -OCH3 is 2. The fourth-order valence-electron chi connectivity index (χ4n) is 4.86. The summed E-state index contributed by atoms with van der Waals surface area (Å²) in [5.74, 6) is -0.0951. The topological polar surface area (TPSA) is 114 Å². The molecule has 1 aromatic carbocycles. The van der Waals surface area contributed by atoms with Gasteiger partial charge < -0.3 is 14.9 Å². The zero-order valence-corrected chi connectivity index (χ0v) is 16.9. The molecule has 0 spiro atoms. The second kappa shape index (κ2) is 7.98. The largest absolute Gasteiger partial charge is 0.497 e. The monoisotopic (exact) mass is 388 g/mol. The van der Waals surface area contributed by atoms with Gasteiger partial charge in [0.15, 0.2) is 5.41 Å². The summed E-state index contributed by atoms with van der Waals surface area (Å²) in [6, 6.07) is 11.7. The van der Waals surface area contributed by atoms with Crippen LogP contribution in [0.2, 0.25) is 0 Å². The van der Waals surface area contributed by atoms with Crippen molar-refractivity contribution in [1.82, 2.24) is 0 Å². The third-order valence-corrected chi connectivity index (χ3v) is 6.45. The summed E-state index contributed by atoms with van der Waals surface area (Å²) in [4.78, 5) is 0. The Morgan fingerprint density at radius 1 is 1.17 bits per heavy atom. The van der Waals surface area contributed by atoms with Crippen molar-refractivity contribution in [3.8, 4) is 29.7 Å². The molecule has 0 saturated heterocycles. The molecule has 2 aliphatic rings. The Bertz CT molecular complexity index is 962. The molecule has 0 aromatic heterocycles. The van der Waals surface area contributed by atoms with Crippen LogP contribution in [0.25, 0.3) is 0 Å². The van der Waals surface area contributed by atoms with Crippen LogP contribution in [-0.2, 0) is 0 Å². The zero-order chi connectivity index (χ0) is 21.2. The Morgan fingerprint density at radius 3 is 2.45 bits per heavy atom. The lowest BCUT2D eigenvalue weighted by Gasteiger charge is -2.47. The average Bonchev–Trinajstić information content (AvgIpc) is 2.77. The molecular weight excluding hydrogens is 364 g/mol. The molecule has 0 aliphatic heterocycles. The number of nitrogens with one attached hydrogen (secondary N) is 1. The smallest absolute Gasteiger partial charge is 0.189 e. The minimum absolute atomic E-state index is 0.141. The number of ether oxygens (including phenoxy) is 2. The molecule has 2 unspecified atom stereocenters. The number of nitrogens with zero attached hydrogens (tertiary/aromatic N) is 3. The van der Waals surface area contributed by atoms with E-state index in [-0.39, 0.29) is 11.6 Å². The van der Waals surface area contributed by atoms with E-state index in [0.717, 1.165) is 24.8 Å². The van der Waals surface area contributed by atoms with Crippen molar-refractivity contribution in [3.05, 3.63) is 35.4 Å². The molecule has 0 bridgehead atoms. The van der Waals surface area contributed by atoms with E-state index in [1.165, 1.54) is 0 Å². The molecule has 29 heavy (non-hydrogen) atoms. The van der Waals surface area contributed by atoms with Crippen molar-refractivity contribution >= 4 is 5.71 Å².